The number of anilines is 1. The maximum absolute atomic E-state index is 13.1. The van der Waals surface area contributed by atoms with Crippen LogP contribution in [0.25, 0.3) is 10.9 Å². The number of aromatic nitrogens is 1. The predicted molar refractivity (Wildman–Crippen MR) is 128 cm³/mol. The van der Waals surface area contributed by atoms with Crippen molar-refractivity contribution in [2.24, 2.45) is 0 Å². The molecular weight excluding hydrogens is 444 g/mol. The molecular formula is C25H21ClN2O3S. The predicted octanol–water partition coefficient (Wildman–Crippen LogP) is 5.78. The zero-order valence-electron chi connectivity index (χ0n) is 17.5. The van der Waals surface area contributed by atoms with E-state index in [9.17, 15) is 8.42 Å². The molecule has 3 aromatic carbocycles. The fourth-order valence-corrected chi connectivity index (χ4v) is 5.67. The maximum atomic E-state index is 13.1. The van der Waals surface area contributed by atoms with Crippen molar-refractivity contribution in [3.63, 3.8) is 0 Å². The van der Waals surface area contributed by atoms with E-state index < -0.39 is 9.84 Å². The molecule has 1 aliphatic heterocycles. The second-order valence-corrected chi connectivity index (χ2v) is 10.4. The van der Waals surface area contributed by atoms with Gasteiger partial charge in [-0.3, -0.25) is 0 Å². The van der Waals surface area contributed by atoms with Gasteiger partial charge in [0.25, 0.3) is 0 Å². The lowest BCUT2D eigenvalue weighted by Gasteiger charge is -2.22. The molecule has 0 unspecified atom stereocenters. The lowest BCUT2D eigenvalue weighted by atomic mass is 10.1. The van der Waals surface area contributed by atoms with Gasteiger partial charge in [-0.2, -0.15) is 0 Å². The summed E-state index contributed by atoms with van der Waals surface area (Å²) in [5.41, 5.74) is 2.61. The Bertz CT molecular complexity index is 1420. The summed E-state index contributed by atoms with van der Waals surface area (Å²) in [7, 11) is -3.47. The monoisotopic (exact) mass is 464 g/mol. The molecule has 1 aromatic heterocycles. The Balaban J connectivity index is 1.51. The fraction of sp³-hybridized carbons (Fsp3) is 0.160. The summed E-state index contributed by atoms with van der Waals surface area (Å²) >= 11 is 6.55. The first-order valence-corrected chi connectivity index (χ1v) is 12.3. The number of halogens is 1. The summed E-state index contributed by atoms with van der Waals surface area (Å²) in [4.78, 5) is 7.02. The average Bonchev–Trinajstić information content (AvgIpc) is 2.91. The molecule has 2 heterocycles. The molecule has 0 spiro atoms. The Morgan fingerprint density at radius 1 is 0.969 bits per heavy atom. The Morgan fingerprint density at radius 2 is 1.78 bits per heavy atom. The number of aryl methyl sites for hydroxylation is 1. The highest BCUT2D eigenvalue weighted by Crippen LogP contribution is 2.33. The van der Waals surface area contributed by atoms with Gasteiger partial charge in [0.1, 0.15) is 17.3 Å². The molecule has 0 saturated heterocycles. The first-order chi connectivity index (χ1) is 15.4. The highest BCUT2D eigenvalue weighted by Gasteiger charge is 2.27. The SMILES string of the molecule is Cc1ccc2nc(N3CCS(=O)(=O)c4cc(Oc5ccccc5)ccc4C3)cc(Cl)c2c1. The molecule has 5 nitrogen and oxygen atoms in total. The van der Waals surface area contributed by atoms with E-state index in [0.29, 0.717) is 45.9 Å². The summed E-state index contributed by atoms with van der Waals surface area (Å²) in [6.07, 6.45) is 0. The quantitative estimate of drug-likeness (QED) is 0.384. The minimum Gasteiger partial charge on any atom is -0.457 e. The van der Waals surface area contributed by atoms with Crippen molar-refractivity contribution in [1.29, 1.82) is 0 Å². The number of rotatable bonds is 3. The van der Waals surface area contributed by atoms with Crippen molar-refractivity contribution in [3.8, 4) is 11.5 Å². The van der Waals surface area contributed by atoms with Gasteiger partial charge in [0.15, 0.2) is 9.84 Å². The van der Waals surface area contributed by atoms with Crippen LogP contribution in [-0.4, -0.2) is 25.7 Å². The summed E-state index contributed by atoms with van der Waals surface area (Å²) in [6.45, 7) is 2.75. The third-order valence-electron chi connectivity index (χ3n) is 5.57. The van der Waals surface area contributed by atoms with E-state index in [4.69, 9.17) is 21.3 Å². The number of hydrogen-bond donors (Lipinski definition) is 0. The van der Waals surface area contributed by atoms with Gasteiger partial charge in [-0.15, -0.1) is 0 Å². The molecule has 0 amide bonds. The summed E-state index contributed by atoms with van der Waals surface area (Å²) < 4.78 is 32.0. The molecule has 0 bridgehead atoms. The lowest BCUT2D eigenvalue weighted by molar-refractivity contribution is 0.480. The van der Waals surface area contributed by atoms with Crippen LogP contribution in [-0.2, 0) is 16.4 Å². The van der Waals surface area contributed by atoms with Crippen molar-refractivity contribution in [3.05, 3.63) is 88.9 Å². The molecule has 0 atom stereocenters. The van der Waals surface area contributed by atoms with Crippen molar-refractivity contribution in [2.75, 3.05) is 17.2 Å². The number of pyridine rings is 1. The third kappa shape index (κ3) is 4.04. The number of ether oxygens (including phenoxy) is 1. The van der Waals surface area contributed by atoms with E-state index in [1.165, 1.54) is 0 Å². The van der Waals surface area contributed by atoms with Gasteiger partial charge in [-0.25, -0.2) is 13.4 Å². The minimum atomic E-state index is -3.47. The molecule has 5 rings (SSSR count). The zero-order chi connectivity index (χ0) is 22.3. The van der Waals surface area contributed by atoms with Crippen LogP contribution in [0.2, 0.25) is 5.02 Å². The molecule has 32 heavy (non-hydrogen) atoms. The van der Waals surface area contributed by atoms with Crippen LogP contribution in [0, 0.1) is 6.92 Å². The number of benzene rings is 3. The Kier molecular flexibility index (Phi) is 5.27. The van der Waals surface area contributed by atoms with E-state index in [1.807, 2.05) is 72.5 Å². The average molecular weight is 465 g/mol. The smallest absolute Gasteiger partial charge is 0.180 e. The number of hydrogen-bond acceptors (Lipinski definition) is 5. The van der Waals surface area contributed by atoms with Gasteiger partial charge >= 0.3 is 0 Å². The fourth-order valence-electron chi connectivity index (χ4n) is 3.91. The number of para-hydroxylation sites is 1. The molecule has 4 aromatic rings. The molecule has 0 aliphatic carbocycles. The number of nitrogens with zero attached hydrogens (tertiary/aromatic N) is 2. The third-order valence-corrected chi connectivity index (χ3v) is 7.65. The molecule has 1 aliphatic rings. The van der Waals surface area contributed by atoms with Crippen LogP contribution in [0.5, 0.6) is 11.5 Å². The van der Waals surface area contributed by atoms with Gasteiger partial charge in [0.2, 0.25) is 0 Å². The standard InChI is InChI=1S/C25H21ClN2O3S/c1-17-7-10-23-21(13-17)22(26)15-25(27-23)28-11-12-32(29,30)24-14-20(9-8-18(24)16-28)31-19-5-3-2-4-6-19/h2-10,13-15H,11-12,16H2,1H3. The van der Waals surface area contributed by atoms with Crippen LogP contribution >= 0.6 is 11.6 Å². The van der Waals surface area contributed by atoms with Crippen molar-refractivity contribution in [2.45, 2.75) is 18.4 Å². The maximum Gasteiger partial charge on any atom is 0.180 e. The largest absolute Gasteiger partial charge is 0.457 e. The topological polar surface area (TPSA) is 59.5 Å². The highest BCUT2D eigenvalue weighted by molar-refractivity contribution is 7.91. The van der Waals surface area contributed by atoms with E-state index in [0.717, 1.165) is 16.5 Å². The Labute approximate surface area is 192 Å². The zero-order valence-corrected chi connectivity index (χ0v) is 19.0. The van der Waals surface area contributed by atoms with Crippen LogP contribution in [0.1, 0.15) is 11.1 Å². The van der Waals surface area contributed by atoms with E-state index >= 15 is 0 Å². The second-order valence-electron chi connectivity index (χ2n) is 7.91. The van der Waals surface area contributed by atoms with Crippen LogP contribution < -0.4 is 9.64 Å². The van der Waals surface area contributed by atoms with Crippen LogP contribution in [0.15, 0.2) is 77.7 Å². The van der Waals surface area contributed by atoms with Gasteiger partial charge < -0.3 is 9.64 Å². The molecule has 0 saturated carbocycles. The summed E-state index contributed by atoms with van der Waals surface area (Å²) in [5.74, 6) is 1.80. The molecule has 0 radical (unpaired) electrons. The number of fused-ring (bicyclic) bond motifs is 2. The Morgan fingerprint density at radius 3 is 2.59 bits per heavy atom. The first kappa shape index (κ1) is 20.8. The minimum absolute atomic E-state index is 0.0139. The highest BCUT2D eigenvalue weighted by atomic mass is 35.5. The summed E-state index contributed by atoms with van der Waals surface area (Å²) in [6, 6.07) is 22.3. The van der Waals surface area contributed by atoms with Crippen molar-refractivity contribution in [1.82, 2.24) is 4.98 Å². The van der Waals surface area contributed by atoms with Gasteiger partial charge in [0, 0.05) is 18.5 Å². The molecule has 0 N–H and O–H groups in total. The van der Waals surface area contributed by atoms with Crippen LogP contribution in [0.4, 0.5) is 5.82 Å². The van der Waals surface area contributed by atoms with Gasteiger partial charge in [-0.1, -0.05) is 47.5 Å². The van der Waals surface area contributed by atoms with Gasteiger partial charge in [-0.05, 0) is 55.0 Å². The first-order valence-electron chi connectivity index (χ1n) is 10.3. The van der Waals surface area contributed by atoms with E-state index in [-0.39, 0.29) is 5.75 Å². The number of sulfone groups is 1. The van der Waals surface area contributed by atoms with Crippen molar-refractivity contribution >= 4 is 38.2 Å². The second kappa shape index (κ2) is 8.11. The molecule has 162 valence electrons. The summed E-state index contributed by atoms with van der Waals surface area (Å²) in [5, 5.41) is 1.49. The van der Waals surface area contributed by atoms with Gasteiger partial charge in [0.05, 0.1) is 21.2 Å². The lowest BCUT2D eigenvalue weighted by Crippen LogP contribution is -2.26. The van der Waals surface area contributed by atoms with E-state index in [1.54, 1.807) is 12.1 Å². The van der Waals surface area contributed by atoms with E-state index in [2.05, 4.69) is 0 Å². The molecule has 7 heteroatoms. The van der Waals surface area contributed by atoms with Crippen LogP contribution in [0.3, 0.4) is 0 Å². The Hall–Kier alpha value is -3.09. The normalized spacial score (nSPS) is 15.2. The molecule has 0 fully saturated rings. The van der Waals surface area contributed by atoms with Crippen molar-refractivity contribution < 1.29 is 13.2 Å².